The first-order valence-corrected chi connectivity index (χ1v) is 4.65. The molecule has 72 valence electrons. The van der Waals surface area contributed by atoms with E-state index in [1.807, 2.05) is 6.07 Å². The molecule has 0 atom stereocenters. The van der Waals surface area contributed by atoms with Crippen LogP contribution in [0.4, 0.5) is 0 Å². The van der Waals surface area contributed by atoms with Crippen LogP contribution in [0.2, 0.25) is 0 Å². The fourth-order valence-electron chi connectivity index (χ4n) is 1.23. The van der Waals surface area contributed by atoms with Gasteiger partial charge in [0.15, 0.2) is 0 Å². The minimum Gasteiger partial charge on any atom is -0.508 e. The Kier molecular flexibility index (Phi) is 2.28. The summed E-state index contributed by atoms with van der Waals surface area (Å²) in [5.74, 6) is 1.33. The molecule has 1 aliphatic carbocycles. The molecule has 1 aliphatic rings. The molecule has 3 nitrogen and oxygen atoms in total. The Bertz CT molecular complexity index is 377. The van der Waals surface area contributed by atoms with Crippen LogP contribution in [0.1, 0.15) is 18.4 Å². The van der Waals surface area contributed by atoms with Crippen LogP contribution in [0, 0.1) is 17.2 Å². The van der Waals surface area contributed by atoms with Crippen LogP contribution in [0.25, 0.3) is 0 Å². The van der Waals surface area contributed by atoms with E-state index in [0.29, 0.717) is 23.8 Å². The zero-order chi connectivity index (χ0) is 9.97. The highest BCUT2D eigenvalue weighted by molar-refractivity contribution is 5.43. The van der Waals surface area contributed by atoms with E-state index in [2.05, 4.69) is 0 Å². The summed E-state index contributed by atoms with van der Waals surface area (Å²) in [5, 5.41) is 17.9. The fraction of sp³-hybridized carbons (Fsp3) is 0.364. The van der Waals surface area contributed by atoms with Gasteiger partial charge in [0.25, 0.3) is 0 Å². The molecule has 0 unspecified atom stereocenters. The Morgan fingerprint density at radius 2 is 2.21 bits per heavy atom. The van der Waals surface area contributed by atoms with E-state index >= 15 is 0 Å². The van der Waals surface area contributed by atoms with E-state index in [4.69, 9.17) is 10.00 Å². The molecular formula is C11H11NO2. The maximum Gasteiger partial charge on any atom is 0.124 e. The molecule has 0 radical (unpaired) electrons. The summed E-state index contributed by atoms with van der Waals surface area (Å²) in [6.45, 7) is 0.689. The molecule has 1 fully saturated rings. The number of ether oxygens (including phenoxy) is 1. The Balaban J connectivity index is 2.07. The molecule has 0 saturated heterocycles. The lowest BCUT2D eigenvalue weighted by molar-refractivity contribution is 0.298. The predicted molar refractivity (Wildman–Crippen MR) is 51.0 cm³/mol. The van der Waals surface area contributed by atoms with E-state index in [1.165, 1.54) is 25.0 Å². The van der Waals surface area contributed by atoms with Gasteiger partial charge in [0.2, 0.25) is 0 Å². The van der Waals surface area contributed by atoms with Crippen LogP contribution in [0.15, 0.2) is 18.2 Å². The Hall–Kier alpha value is -1.69. The normalized spacial score (nSPS) is 14.8. The monoisotopic (exact) mass is 189 g/mol. The highest BCUT2D eigenvalue weighted by atomic mass is 16.5. The quantitative estimate of drug-likeness (QED) is 0.791. The number of nitrogens with zero attached hydrogens (tertiary/aromatic N) is 1. The average Bonchev–Trinajstić information content (AvgIpc) is 2.97. The van der Waals surface area contributed by atoms with Crippen molar-refractivity contribution in [2.24, 2.45) is 5.92 Å². The number of benzene rings is 1. The van der Waals surface area contributed by atoms with Gasteiger partial charge < -0.3 is 9.84 Å². The second kappa shape index (κ2) is 3.59. The summed E-state index contributed by atoms with van der Waals surface area (Å²) in [5.41, 5.74) is 0.427. The van der Waals surface area contributed by atoms with Crippen LogP contribution in [-0.2, 0) is 0 Å². The minimum absolute atomic E-state index is 0.0786. The molecule has 0 aliphatic heterocycles. The van der Waals surface area contributed by atoms with Crippen LogP contribution in [0.3, 0.4) is 0 Å². The molecule has 0 aromatic heterocycles. The van der Waals surface area contributed by atoms with Gasteiger partial charge in [0.05, 0.1) is 18.2 Å². The van der Waals surface area contributed by atoms with Gasteiger partial charge in [-0.2, -0.15) is 5.26 Å². The van der Waals surface area contributed by atoms with Crippen LogP contribution in [0.5, 0.6) is 11.5 Å². The second-order valence-corrected chi connectivity index (χ2v) is 3.58. The van der Waals surface area contributed by atoms with Gasteiger partial charge in [0.1, 0.15) is 11.5 Å². The third-order valence-electron chi connectivity index (χ3n) is 2.20. The molecule has 2 rings (SSSR count). The molecule has 1 aromatic rings. The van der Waals surface area contributed by atoms with E-state index in [9.17, 15) is 5.11 Å². The number of hydrogen-bond acceptors (Lipinski definition) is 3. The SMILES string of the molecule is N#Cc1cc(O)cc(OCC2CC2)c1. The molecule has 0 heterocycles. The summed E-state index contributed by atoms with van der Waals surface area (Å²) in [7, 11) is 0. The van der Waals surface area contributed by atoms with Crippen molar-refractivity contribution in [3.05, 3.63) is 23.8 Å². The highest BCUT2D eigenvalue weighted by Gasteiger charge is 2.21. The molecule has 0 bridgehead atoms. The Morgan fingerprint density at radius 1 is 1.43 bits per heavy atom. The standard InChI is InChI=1S/C11H11NO2/c12-6-9-3-10(13)5-11(4-9)14-7-8-1-2-8/h3-5,8,13H,1-2,7H2. The zero-order valence-corrected chi connectivity index (χ0v) is 7.73. The van der Waals surface area contributed by atoms with Gasteiger partial charge in [-0.3, -0.25) is 0 Å². The van der Waals surface area contributed by atoms with Crippen molar-refractivity contribution >= 4 is 0 Å². The second-order valence-electron chi connectivity index (χ2n) is 3.58. The van der Waals surface area contributed by atoms with Crippen molar-refractivity contribution < 1.29 is 9.84 Å². The largest absolute Gasteiger partial charge is 0.508 e. The van der Waals surface area contributed by atoms with Gasteiger partial charge in [-0.15, -0.1) is 0 Å². The summed E-state index contributed by atoms with van der Waals surface area (Å²) in [6.07, 6.45) is 2.45. The smallest absolute Gasteiger partial charge is 0.124 e. The first kappa shape index (κ1) is 8.89. The van der Waals surface area contributed by atoms with E-state index in [-0.39, 0.29) is 5.75 Å². The van der Waals surface area contributed by atoms with Gasteiger partial charge in [-0.1, -0.05) is 0 Å². The lowest BCUT2D eigenvalue weighted by atomic mass is 10.2. The van der Waals surface area contributed by atoms with Crippen molar-refractivity contribution in [1.82, 2.24) is 0 Å². The molecule has 14 heavy (non-hydrogen) atoms. The van der Waals surface area contributed by atoms with Gasteiger partial charge >= 0.3 is 0 Å². The molecule has 1 aromatic carbocycles. The molecule has 0 amide bonds. The van der Waals surface area contributed by atoms with Crippen LogP contribution in [-0.4, -0.2) is 11.7 Å². The van der Waals surface area contributed by atoms with Crippen LogP contribution < -0.4 is 4.74 Å². The lowest BCUT2D eigenvalue weighted by Gasteiger charge is -2.05. The number of phenols is 1. The Morgan fingerprint density at radius 3 is 2.86 bits per heavy atom. The van der Waals surface area contributed by atoms with E-state index in [1.54, 1.807) is 6.07 Å². The lowest BCUT2D eigenvalue weighted by Crippen LogP contribution is -1.98. The summed E-state index contributed by atoms with van der Waals surface area (Å²) < 4.78 is 5.44. The van der Waals surface area contributed by atoms with E-state index < -0.39 is 0 Å². The van der Waals surface area contributed by atoms with Crippen LogP contribution >= 0.6 is 0 Å². The number of phenolic OH excluding ortho intramolecular Hbond substituents is 1. The summed E-state index contributed by atoms with van der Waals surface area (Å²) in [6, 6.07) is 6.56. The predicted octanol–water partition coefficient (Wildman–Crippen LogP) is 2.05. The molecule has 1 N–H and O–H groups in total. The summed E-state index contributed by atoms with van der Waals surface area (Å²) >= 11 is 0. The van der Waals surface area contributed by atoms with E-state index in [0.717, 1.165) is 0 Å². The van der Waals surface area contributed by atoms with Gasteiger partial charge in [0, 0.05) is 6.07 Å². The van der Waals surface area contributed by atoms with Crippen molar-refractivity contribution in [2.45, 2.75) is 12.8 Å². The molecule has 0 spiro atoms. The maximum atomic E-state index is 9.27. The first-order chi connectivity index (χ1) is 6.78. The maximum absolute atomic E-state index is 9.27. The zero-order valence-electron chi connectivity index (χ0n) is 7.73. The minimum atomic E-state index is 0.0786. The number of rotatable bonds is 3. The Labute approximate surface area is 82.6 Å². The molecule has 1 saturated carbocycles. The van der Waals surface area contributed by atoms with Crippen molar-refractivity contribution in [3.63, 3.8) is 0 Å². The third kappa shape index (κ3) is 2.17. The van der Waals surface area contributed by atoms with Gasteiger partial charge in [-0.25, -0.2) is 0 Å². The number of aromatic hydroxyl groups is 1. The van der Waals surface area contributed by atoms with Crippen molar-refractivity contribution in [3.8, 4) is 17.6 Å². The number of nitriles is 1. The molecule has 3 heteroatoms. The topological polar surface area (TPSA) is 53.2 Å². The third-order valence-corrected chi connectivity index (χ3v) is 2.20. The first-order valence-electron chi connectivity index (χ1n) is 4.65. The number of hydrogen-bond donors (Lipinski definition) is 1. The molecular weight excluding hydrogens is 178 g/mol. The van der Waals surface area contributed by atoms with Crippen molar-refractivity contribution in [1.29, 1.82) is 5.26 Å². The highest BCUT2D eigenvalue weighted by Crippen LogP contribution is 2.30. The summed E-state index contributed by atoms with van der Waals surface area (Å²) in [4.78, 5) is 0. The van der Waals surface area contributed by atoms with Gasteiger partial charge in [-0.05, 0) is 30.9 Å². The van der Waals surface area contributed by atoms with Crippen molar-refractivity contribution in [2.75, 3.05) is 6.61 Å². The average molecular weight is 189 g/mol. The fourth-order valence-corrected chi connectivity index (χ4v) is 1.23.